The molecule has 1 aliphatic rings. The Balaban J connectivity index is 1.45. The third-order valence-corrected chi connectivity index (χ3v) is 4.27. The largest absolute Gasteiger partial charge is 0.422 e. The van der Waals surface area contributed by atoms with Crippen LogP contribution < -0.4 is 4.90 Å². The molecule has 4 heterocycles. The number of halogens is 1. The molecule has 1 aliphatic heterocycles. The molecule has 0 spiro atoms. The van der Waals surface area contributed by atoms with E-state index < -0.39 is 0 Å². The Morgan fingerprint density at radius 2 is 1.88 bits per heavy atom. The van der Waals surface area contributed by atoms with E-state index in [2.05, 4.69) is 20.2 Å². The number of rotatable bonds is 2. The highest BCUT2D eigenvalue weighted by atomic mass is 35.5. The molecule has 0 bridgehead atoms. The first-order valence-electron chi connectivity index (χ1n) is 7.88. The van der Waals surface area contributed by atoms with Gasteiger partial charge >= 0.3 is 0 Å². The van der Waals surface area contributed by atoms with Crippen molar-refractivity contribution in [2.24, 2.45) is 0 Å². The van der Waals surface area contributed by atoms with E-state index in [-0.39, 0.29) is 11.1 Å². The summed E-state index contributed by atoms with van der Waals surface area (Å²) in [5.74, 6) is -0.154. The Morgan fingerprint density at radius 3 is 2.60 bits per heavy atom. The molecule has 0 radical (unpaired) electrons. The van der Waals surface area contributed by atoms with Gasteiger partial charge in [-0.3, -0.25) is 4.79 Å². The molecule has 0 aromatic carbocycles. The summed E-state index contributed by atoms with van der Waals surface area (Å²) < 4.78 is 5.77. The van der Waals surface area contributed by atoms with Gasteiger partial charge in [-0.25, -0.2) is 4.98 Å². The van der Waals surface area contributed by atoms with Gasteiger partial charge in [0.1, 0.15) is 0 Å². The van der Waals surface area contributed by atoms with Crippen LogP contribution in [0.2, 0.25) is 5.15 Å². The molecule has 0 N–H and O–H groups in total. The lowest BCUT2D eigenvalue weighted by molar-refractivity contribution is 0.0738. The molecule has 25 heavy (non-hydrogen) atoms. The van der Waals surface area contributed by atoms with Crippen LogP contribution >= 0.6 is 11.6 Å². The van der Waals surface area contributed by atoms with Gasteiger partial charge in [-0.05, 0) is 31.2 Å². The fourth-order valence-corrected chi connectivity index (χ4v) is 2.83. The first kappa shape index (κ1) is 15.8. The maximum absolute atomic E-state index is 12.4. The maximum atomic E-state index is 12.4. The number of nitrogens with zero attached hydrogens (tertiary/aromatic N) is 6. The minimum absolute atomic E-state index is 0.154. The van der Waals surface area contributed by atoms with Crippen LogP contribution in [0.3, 0.4) is 0 Å². The summed E-state index contributed by atoms with van der Waals surface area (Å²) in [7, 11) is 0. The van der Waals surface area contributed by atoms with Gasteiger partial charge in [0.2, 0.25) is 5.65 Å². The molecule has 1 fully saturated rings. The number of oxazole rings is 1. The highest BCUT2D eigenvalue weighted by Crippen LogP contribution is 2.22. The number of carbonyl (C=O) groups is 1. The Morgan fingerprint density at radius 1 is 1.08 bits per heavy atom. The lowest BCUT2D eigenvalue weighted by Crippen LogP contribution is -2.49. The monoisotopic (exact) mass is 358 g/mol. The van der Waals surface area contributed by atoms with Crippen molar-refractivity contribution in [3.8, 4) is 0 Å². The van der Waals surface area contributed by atoms with Crippen molar-refractivity contribution < 1.29 is 9.21 Å². The summed E-state index contributed by atoms with van der Waals surface area (Å²) in [4.78, 5) is 25.0. The lowest BCUT2D eigenvalue weighted by atomic mass is 10.3. The molecule has 1 saturated heterocycles. The number of piperazine rings is 1. The zero-order valence-electron chi connectivity index (χ0n) is 13.5. The molecule has 0 aliphatic carbocycles. The Kier molecular flexibility index (Phi) is 3.96. The Labute approximate surface area is 148 Å². The van der Waals surface area contributed by atoms with Crippen LogP contribution in [0, 0.1) is 6.92 Å². The molecular formula is C16H15ClN6O2. The molecule has 9 heteroatoms. The molecule has 0 unspecified atom stereocenters. The highest BCUT2D eigenvalue weighted by molar-refractivity contribution is 6.29. The van der Waals surface area contributed by atoms with Crippen molar-refractivity contribution in [2.45, 2.75) is 6.92 Å². The van der Waals surface area contributed by atoms with Crippen molar-refractivity contribution in [1.82, 2.24) is 25.1 Å². The summed E-state index contributed by atoms with van der Waals surface area (Å²) in [6.45, 7) is 4.26. The molecule has 0 saturated carbocycles. The first-order valence-corrected chi connectivity index (χ1v) is 8.25. The summed E-state index contributed by atoms with van der Waals surface area (Å²) in [5, 5.41) is 7.82. The normalized spacial score (nSPS) is 15.0. The standard InChI is InChI=1S/C16H15ClN6O2/c1-10-2-4-12-14(18-10)19-16(25-12)23-8-6-22(7-9-23)15(24)11-3-5-13(17)21-20-11/h2-5H,6-9H2,1H3. The minimum atomic E-state index is -0.154. The summed E-state index contributed by atoms with van der Waals surface area (Å²) >= 11 is 5.70. The number of hydrogen-bond acceptors (Lipinski definition) is 7. The van der Waals surface area contributed by atoms with E-state index >= 15 is 0 Å². The van der Waals surface area contributed by atoms with Gasteiger partial charge in [0, 0.05) is 31.9 Å². The number of hydrogen-bond donors (Lipinski definition) is 0. The van der Waals surface area contributed by atoms with Crippen LogP contribution in [0.4, 0.5) is 6.01 Å². The molecule has 1 amide bonds. The van der Waals surface area contributed by atoms with Crippen molar-refractivity contribution in [2.75, 3.05) is 31.1 Å². The van der Waals surface area contributed by atoms with E-state index in [1.807, 2.05) is 24.0 Å². The van der Waals surface area contributed by atoms with Crippen LogP contribution in [-0.2, 0) is 0 Å². The highest BCUT2D eigenvalue weighted by Gasteiger charge is 2.25. The van der Waals surface area contributed by atoms with Crippen molar-refractivity contribution >= 4 is 34.8 Å². The second-order valence-electron chi connectivity index (χ2n) is 5.79. The zero-order valence-corrected chi connectivity index (χ0v) is 14.3. The average molecular weight is 359 g/mol. The zero-order chi connectivity index (χ0) is 17.4. The van der Waals surface area contributed by atoms with E-state index in [1.54, 1.807) is 17.0 Å². The van der Waals surface area contributed by atoms with Gasteiger partial charge in [0.25, 0.3) is 11.9 Å². The number of carbonyl (C=O) groups excluding carboxylic acids is 1. The van der Waals surface area contributed by atoms with Gasteiger partial charge < -0.3 is 14.2 Å². The smallest absolute Gasteiger partial charge is 0.300 e. The van der Waals surface area contributed by atoms with Gasteiger partial charge in [-0.2, -0.15) is 4.98 Å². The van der Waals surface area contributed by atoms with Crippen molar-refractivity contribution in [1.29, 1.82) is 0 Å². The fourth-order valence-electron chi connectivity index (χ4n) is 2.73. The van der Waals surface area contributed by atoms with Crippen molar-refractivity contribution in [3.05, 3.63) is 40.8 Å². The molecule has 4 rings (SSSR count). The molecule has 8 nitrogen and oxygen atoms in total. The first-order chi connectivity index (χ1) is 12.1. The molecule has 3 aromatic heterocycles. The summed E-state index contributed by atoms with van der Waals surface area (Å²) in [6.07, 6.45) is 0. The fraction of sp³-hybridized carbons (Fsp3) is 0.312. The average Bonchev–Trinajstić information content (AvgIpc) is 3.05. The SMILES string of the molecule is Cc1ccc2oc(N3CCN(C(=O)c4ccc(Cl)nn4)CC3)nc2n1. The van der Waals surface area contributed by atoms with E-state index in [1.165, 1.54) is 0 Å². The van der Waals surface area contributed by atoms with E-state index in [0.29, 0.717) is 49.1 Å². The number of pyridine rings is 1. The number of fused-ring (bicyclic) bond motifs is 1. The predicted octanol–water partition coefficient (Wildman–Crippen LogP) is 1.94. The number of aromatic nitrogens is 4. The van der Waals surface area contributed by atoms with Crippen LogP contribution in [0.25, 0.3) is 11.2 Å². The van der Waals surface area contributed by atoms with Crippen molar-refractivity contribution in [3.63, 3.8) is 0 Å². The Hall–Kier alpha value is -2.74. The predicted molar refractivity (Wildman–Crippen MR) is 91.7 cm³/mol. The number of amides is 1. The number of anilines is 1. The van der Waals surface area contributed by atoms with Gasteiger partial charge in [-0.1, -0.05) is 11.6 Å². The third-order valence-electron chi connectivity index (χ3n) is 4.07. The van der Waals surface area contributed by atoms with Gasteiger partial charge in [0.05, 0.1) is 0 Å². The second kappa shape index (κ2) is 6.29. The van der Waals surface area contributed by atoms with Crippen LogP contribution in [0.1, 0.15) is 16.2 Å². The number of aryl methyl sites for hydroxylation is 1. The van der Waals surface area contributed by atoms with E-state index in [4.69, 9.17) is 16.0 Å². The van der Waals surface area contributed by atoms with Crippen LogP contribution in [-0.4, -0.2) is 57.2 Å². The summed E-state index contributed by atoms with van der Waals surface area (Å²) in [6, 6.07) is 7.43. The van der Waals surface area contributed by atoms with Crippen LogP contribution in [0.5, 0.6) is 0 Å². The third kappa shape index (κ3) is 3.12. The second-order valence-corrected chi connectivity index (χ2v) is 6.18. The molecular weight excluding hydrogens is 344 g/mol. The van der Waals surface area contributed by atoms with Gasteiger partial charge in [-0.15, -0.1) is 10.2 Å². The summed E-state index contributed by atoms with van der Waals surface area (Å²) in [5.41, 5.74) is 2.45. The van der Waals surface area contributed by atoms with Gasteiger partial charge in [0.15, 0.2) is 16.4 Å². The topological polar surface area (TPSA) is 88.3 Å². The minimum Gasteiger partial charge on any atom is -0.422 e. The maximum Gasteiger partial charge on any atom is 0.300 e. The van der Waals surface area contributed by atoms with Crippen LogP contribution in [0.15, 0.2) is 28.7 Å². The van der Waals surface area contributed by atoms with E-state index in [0.717, 1.165) is 5.69 Å². The molecule has 0 atom stereocenters. The lowest BCUT2D eigenvalue weighted by Gasteiger charge is -2.33. The molecule has 128 valence electrons. The molecule has 3 aromatic rings. The van der Waals surface area contributed by atoms with E-state index in [9.17, 15) is 4.79 Å². The quantitative estimate of drug-likeness (QED) is 0.691. The Bertz CT molecular complexity index is 918.